The van der Waals surface area contributed by atoms with Crippen molar-refractivity contribution in [2.24, 2.45) is 5.92 Å². The van der Waals surface area contributed by atoms with Gasteiger partial charge in [0.25, 0.3) is 0 Å². The van der Waals surface area contributed by atoms with Crippen molar-refractivity contribution in [1.82, 2.24) is 15.3 Å². The van der Waals surface area contributed by atoms with Crippen molar-refractivity contribution in [3.8, 4) is 0 Å². The number of nitrogens with zero attached hydrogens (tertiary/aromatic N) is 2. The van der Waals surface area contributed by atoms with E-state index in [1.54, 1.807) is 0 Å². The number of hydrogen-bond donors (Lipinski definition) is 1. The van der Waals surface area contributed by atoms with E-state index in [0.29, 0.717) is 11.8 Å². The van der Waals surface area contributed by atoms with Crippen LogP contribution in [0, 0.1) is 19.8 Å². The second kappa shape index (κ2) is 7.88. The van der Waals surface area contributed by atoms with Gasteiger partial charge in [-0.1, -0.05) is 39.5 Å². The monoisotopic (exact) mass is 289 g/mol. The van der Waals surface area contributed by atoms with Gasteiger partial charge in [-0.2, -0.15) is 0 Å². The number of rotatable bonds is 5. The summed E-state index contributed by atoms with van der Waals surface area (Å²) in [6.45, 7) is 10.7. The van der Waals surface area contributed by atoms with Crippen molar-refractivity contribution in [3.05, 3.63) is 22.8 Å². The minimum Gasteiger partial charge on any atom is -0.312 e. The highest BCUT2D eigenvalue weighted by Crippen LogP contribution is 2.30. The molecule has 1 saturated carbocycles. The summed E-state index contributed by atoms with van der Waals surface area (Å²) in [5.41, 5.74) is 3.61. The molecule has 1 aromatic rings. The maximum Gasteiger partial charge on any atom is 0.131 e. The molecule has 1 N–H and O–H groups in total. The fourth-order valence-electron chi connectivity index (χ4n) is 3.23. The summed E-state index contributed by atoms with van der Waals surface area (Å²) in [7, 11) is 0. The van der Waals surface area contributed by atoms with E-state index < -0.39 is 0 Å². The molecule has 0 bridgehead atoms. The van der Waals surface area contributed by atoms with E-state index in [1.807, 2.05) is 0 Å². The maximum atomic E-state index is 4.85. The van der Waals surface area contributed by atoms with Gasteiger partial charge in [-0.15, -0.1) is 0 Å². The molecule has 3 heteroatoms. The molecule has 1 aliphatic rings. The van der Waals surface area contributed by atoms with Crippen molar-refractivity contribution in [1.29, 1.82) is 0 Å². The van der Waals surface area contributed by atoms with Crippen molar-refractivity contribution in [3.63, 3.8) is 0 Å². The Labute approximate surface area is 130 Å². The van der Waals surface area contributed by atoms with E-state index in [-0.39, 0.29) is 0 Å². The highest BCUT2D eigenvalue weighted by molar-refractivity contribution is 5.25. The van der Waals surface area contributed by atoms with Gasteiger partial charge in [0.2, 0.25) is 0 Å². The molecule has 118 valence electrons. The average Bonchev–Trinajstić information content (AvgIpc) is 2.70. The van der Waals surface area contributed by atoms with Gasteiger partial charge in [-0.3, -0.25) is 0 Å². The Balaban J connectivity index is 2.08. The van der Waals surface area contributed by atoms with Gasteiger partial charge in [0.05, 0.1) is 0 Å². The van der Waals surface area contributed by atoms with Gasteiger partial charge >= 0.3 is 0 Å². The van der Waals surface area contributed by atoms with E-state index in [2.05, 4.69) is 33.0 Å². The highest BCUT2D eigenvalue weighted by Gasteiger charge is 2.19. The lowest BCUT2D eigenvalue weighted by Gasteiger charge is -2.17. The molecule has 21 heavy (non-hydrogen) atoms. The maximum absolute atomic E-state index is 4.85. The number of hydrogen-bond acceptors (Lipinski definition) is 3. The first-order valence-corrected chi connectivity index (χ1v) is 8.62. The summed E-state index contributed by atoms with van der Waals surface area (Å²) in [5.74, 6) is 2.36. The Bertz CT molecular complexity index is 423. The van der Waals surface area contributed by atoms with E-state index in [4.69, 9.17) is 9.97 Å². The third kappa shape index (κ3) is 4.77. The third-order valence-corrected chi connectivity index (χ3v) is 4.51. The number of aryl methyl sites for hydroxylation is 2. The first-order chi connectivity index (χ1) is 10.1. The Morgan fingerprint density at radius 3 is 2.10 bits per heavy atom. The predicted molar refractivity (Wildman–Crippen MR) is 88.5 cm³/mol. The van der Waals surface area contributed by atoms with E-state index in [1.165, 1.54) is 44.1 Å². The van der Waals surface area contributed by atoms with Gasteiger partial charge in [0.1, 0.15) is 5.82 Å². The van der Waals surface area contributed by atoms with Crippen LogP contribution < -0.4 is 5.32 Å². The first-order valence-electron chi connectivity index (χ1n) is 8.62. The lowest BCUT2D eigenvalue weighted by molar-refractivity contribution is 0.539. The molecule has 0 amide bonds. The number of nitrogens with one attached hydrogen (secondary N) is 1. The van der Waals surface area contributed by atoms with Crippen LogP contribution in [0.15, 0.2) is 0 Å². The second-order valence-corrected chi connectivity index (χ2v) is 6.94. The smallest absolute Gasteiger partial charge is 0.131 e. The molecule has 0 aromatic carbocycles. The molecule has 0 aliphatic heterocycles. The molecule has 1 aliphatic carbocycles. The minimum absolute atomic E-state index is 0.586. The zero-order valence-electron chi connectivity index (χ0n) is 14.2. The summed E-state index contributed by atoms with van der Waals surface area (Å²) in [5, 5.41) is 3.51. The highest BCUT2D eigenvalue weighted by atomic mass is 14.9. The predicted octanol–water partition coefficient (Wildman–Crippen LogP) is 4.28. The molecule has 1 fully saturated rings. The molecule has 0 radical (unpaired) electrons. The van der Waals surface area contributed by atoms with Gasteiger partial charge < -0.3 is 5.32 Å². The lowest BCUT2D eigenvalue weighted by Crippen LogP contribution is -2.21. The summed E-state index contributed by atoms with van der Waals surface area (Å²) >= 11 is 0. The van der Waals surface area contributed by atoms with Gasteiger partial charge in [-0.05, 0) is 39.2 Å². The van der Waals surface area contributed by atoms with Gasteiger partial charge in [0, 0.05) is 29.4 Å². The van der Waals surface area contributed by atoms with Crippen LogP contribution in [0.4, 0.5) is 0 Å². The van der Waals surface area contributed by atoms with Crippen LogP contribution in [0.2, 0.25) is 0 Å². The molecule has 1 aromatic heterocycles. The van der Waals surface area contributed by atoms with Crippen molar-refractivity contribution >= 4 is 0 Å². The topological polar surface area (TPSA) is 37.8 Å². The van der Waals surface area contributed by atoms with Crippen LogP contribution in [0.3, 0.4) is 0 Å². The van der Waals surface area contributed by atoms with E-state index in [0.717, 1.165) is 30.3 Å². The summed E-state index contributed by atoms with van der Waals surface area (Å²) < 4.78 is 0. The Hall–Kier alpha value is -0.960. The van der Waals surface area contributed by atoms with Crippen LogP contribution in [0.5, 0.6) is 0 Å². The molecule has 0 unspecified atom stereocenters. The fourth-order valence-corrected chi connectivity index (χ4v) is 3.23. The summed E-state index contributed by atoms with van der Waals surface area (Å²) in [4.78, 5) is 9.69. The zero-order chi connectivity index (χ0) is 15.2. The SMILES string of the molecule is Cc1nc(C2CCCCCC2)nc(C)c1CNCC(C)C. The molecule has 2 rings (SSSR count). The molecular formula is C18H31N3. The van der Waals surface area contributed by atoms with Gasteiger partial charge in [-0.25, -0.2) is 9.97 Å². The molecule has 3 nitrogen and oxygen atoms in total. The summed E-state index contributed by atoms with van der Waals surface area (Å²) in [6, 6.07) is 0. The molecule has 0 saturated heterocycles. The molecule has 0 spiro atoms. The standard InChI is InChI=1S/C18H31N3/c1-13(2)11-19-12-17-14(3)20-18(21-15(17)4)16-9-7-5-6-8-10-16/h13,16,19H,5-12H2,1-4H3. The second-order valence-electron chi connectivity index (χ2n) is 6.94. The van der Waals surface area contributed by atoms with Crippen LogP contribution in [0.1, 0.15) is 81.1 Å². The third-order valence-electron chi connectivity index (χ3n) is 4.51. The quantitative estimate of drug-likeness (QED) is 0.822. The van der Waals surface area contributed by atoms with Crippen molar-refractivity contribution in [2.45, 2.75) is 78.7 Å². The normalized spacial score (nSPS) is 17.2. The van der Waals surface area contributed by atoms with Crippen LogP contribution >= 0.6 is 0 Å². The largest absolute Gasteiger partial charge is 0.312 e. The van der Waals surface area contributed by atoms with Gasteiger partial charge in [0.15, 0.2) is 0 Å². The number of aromatic nitrogens is 2. The van der Waals surface area contributed by atoms with Crippen LogP contribution in [-0.4, -0.2) is 16.5 Å². The zero-order valence-corrected chi connectivity index (χ0v) is 14.2. The Morgan fingerprint density at radius 1 is 1.00 bits per heavy atom. The lowest BCUT2D eigenvalue weighted by atomic mass is 9.98. The fraction of sp³-hybridized carbons (Fsp3) is 0.778. The van der Waals surface area contributed by atoms with Crippen molar-refractivity contribution in [2.75, 3.05) is 6.54 Å². The molecular weight excluding hydrogens is 258 g/mol. The van der Waals surface area contributed by atoms with E-state index >= 15 is 0 Å². The summed E-state index contributed by atoms with van der Waals surface area (Å²) in [6.07, 6.45) is 7.97. The van der Waals surface area contributed by atoms with Crippen LogP contribution in [0.25, 0.3) is 0 Å². The van der Waals surface area contributed by atoms with E-state index in [9.17, 15) is 0 Å². The average molecular weight is 289 g/mol. The first kappa shape index (κ1) is 16.4. The van der Waals surface area contributed by atoms with Crippen molar-refractivity contribution < 1.29 is 0 Å². The Kier molecular flexibility index (Phi) is 6.16. The molecule has 1 heterocycles. The molecule has 0 atom stereocenters. The minimum atomic E-state index is 0.586. The van der Waals surface area contributed by atoms with Crippen LogP contribution in [-0.2, 0) is 6.54 Å². The Morgan fingerprint density at radius 2 is 1.57 bits per heavy atom.